The van der Waals surface area contributed by atoms with E-state index in [1.54, 1.807) is 0 Å². The number of carboxylic acid groups (broad SMARTS) is 1. The topological polar surface area (TPSA) is 77.9 Å². The number of aliphatic carboxylic acids is 1. The molecule has 1 aliphatic heterocycles. The molecule has 0 aromatic carbocycles. The van der Waals surface area contributed by atoms with E-state index in [1.807, 2.05) is 11.8 Å². The first-order valence-electron chi connectivity index (χ1n) is 6.86. The van der Waals surface area contributed by atoms with Crippen LogP contribution in [0.2, 0.25) is 0 Å². The molecule has 0 aromatic rings. The van der Waals surface area contributed by atoms with Crippen molar-refractivity contribution in [3.05, 3.63) is 0 Å². The van der Waals surface area contributed by atoms with Gasteiger partial charge in [-0.05, 0) is 19.3 Å². The van der Waals surface area contributed by atoms with Gasteiger partial charge in [0.05, 0.1) is 18.9 Å². The van der Waals surface area contributed by atoms with E-state index in [0.717, 1.165) is 19.3 Å². The van der Waals surface area contributed by atoms with Gasteiger partial charge in [0, 0.05) is 19.1 Å². The number of imide groups is 1. The third-order valence-electron chi connectivity index (χ3n) is 3.67. The highest BCUT2D eigenvalue weighted by molar-refractivity contribution is 6.05. The number of likely N-dealkylation sites (tertiary alicyclic amines) is 1. The van der Waals surface area contributed by atoms with Crippen LogP contribution >= 0.6 is 0 Å². The molecule has 2 aliphatic rings. The zero-order valence-corrected chi connectivity index (χ0v) is 11.2. The first-order chi connectivity index (χ1) is 9.04. The average Bonchev–Trinajstić information content (AvgIpc) is 3.13. The molecular formula is C13H20N2O4. The summed E-state index contributed by atoms with van der Waals surface area (Å²) >= 11 is 0. The number of rotatable bonds is 7. The fourth-order valence-corrected chi connectivity index (χ4v) is 2.61. The van der Waals surface area contributed by atoms with Crippen LogP contribution in [0.4, 0.5) is 0 Å². The molecule has 1 saturated carbocycles. The Bertz CT molecular complexity index is 392. The van der Waals surface area contributed by atoms with Gasteiger partial charge >= 0.3 is 5.97 Å². The van der Waals surface area contributed by atoms with E-state index < -0.39 is 12.0 Å². The van der Waals surface area contributed by atoms with Gasteiger partial charge in [0.2, 0.25) is 11.8 Å². The first kappa shape index (κ1) is 14.0. The van der Waals surface area contributed by atoms with Crippen molar-refractivity contribution in [1.29, 1.82) is 0 Å². The van der Waals surface area contributed by atoms with E-state index in [0.29, 0.717) is 13.1 Å². The summed E-state index contributed by atoms with van der Waals surface area (Å²) in [7, 11) is 0. The van der Waals surface area contributed by atoms with Gasteiger partial charge < -0.3 is 5.11 Å². The standard InChI is InChI=1S/C13H20N2O4/c1-2-6-15-11(16)8-10(13(15)19)14(9-3-4-9)7-5-12(17)18/h9-10H,2-8H2,1H3,(H,17,18). The second kappa shape index (κ2) is 5.69. The zero-order valence-electron chi connectivity index (χ0n) is 11.2. The Morgan fingerprint density at radius 2 is 2.11 bits per heavy atom. The van der Waals surface area contributed by atoms with Crippen molar-refractivity contribution >= 4 is 17.8 Å². The third-order valence-corrected chi connectivity index (χ3v) is 3.67. The lowest BCUT2D eigenvalue weighted by Gasteiger charge is -2.26. The molecule has 1 saturated heterocycles. The summed E-state index contributed by atoms with van der Waals surface area (Å²) in [6.07, 6.45) is 2.96. The predicted octanol–water partition coefficient (Wildman–Crippen LogP) is 0.463. The molecule has 1 unspecified atom stereocenters. The Balaban J connectivity index is 2.03. The predicted molar refractivity (Wildman–Crippen MR) is 67.4 cm³/mol. The largest absolute Gasteiger partial charge is 0.481 e. The normalized spacial score (nSPS) is 23.5. The number of carbonyl (C=O) groups is 3. The van der Waals surface area contributed by atoms with Crippen LogP contribution in [0, 0.1) is 0 Å². The Labute approximate surface area is 112 Å². The second-order valence-corrected chi connectivity index (χ2v) is 5.22. The molecular weight excluding hydrogens is 248 g/mol. The molecule has 1 aliphatic carbocycles. The quantitative estimate of drug-likeness (QED) is 0.679. The molecule has 1 N–H and O–H groups in total. The minimum Gasteiger partial charge on any atom is -0.481 e. The molecule has 6 heteroatoms. The summed E-state index contributed by atoms with van der Waals surface area (Å²) in [6.45, 7) is 2.74. The summed E-state index contributed by atoms with van der Waals surface area (Å²) in [6, 6.07) is -0.159. The van der Waals surface area contributed by atoms with Gasteiger partial charge in [-0.3, -0.25) is 24.2 Å². The van der Waals surface area contributed by atoms with E-state index in [2.05, 4.69) is 0 Å². The number of amides is 2. The van der Waals surface area contributed by atoms with Crippen LogP contribution < -0.4 is 0 Å². The monoisotopic (exact) mass is 268 g/mol. The van der Waals surface area contributed by atoms with Crippen molar-refractivity contribution in [3.8, 4) is 0 Å². The average molecular weight is 268 g/mol. The van der Waals surface area contributed by atoms with Crippen LogP contribution in [0.3, 0.4) is 0 Å². The van der Waals surface area contributed by atoms with E-state index in [9.17, 15) is 14.4 Å². The molecule has 2 rings (SSSR count). The smallest absolute Gasteiger partial charge is 0.304 e. The molecule has 0 radical (unpaired) electrons. The van der Waals surface area contributed by atoms with Crippen LogP contribution in [-0.2, 0) is 14.4 Å². The van der Waals surface area contributed by atoms with Crippen LogP contribution in [0.15, 0.2) is 0 Å². The second-order valence-electron chi connectivity index (χ2n) is 5.22. The van der Waals surface area contributed by atoms with Gasteiger partial charge in [0.15, 0.2) is 0 Å². The Kier molecular flexibility index (Phi) is 4.19. The summed E-state index contributed by atoms with van der Waals surface area (Å²) in [5, 5.41) is 8.77. The summed E-state index contributed by atoms with van der Waals surface area (Å²) < 4.78 is 0. The van der Waals surface area contributed by atoms with Crippen LogP contribution in [0.25, 0.3) is 0 Å². The van der Waals surface area contributed by atoms with Gasteiger partial charge in [-0.15, -0.1) is 0 Å². The fraction of sp³-hybridized carbons (Fsp3) is 0.769. The molecule has 0 aromatic heterocycles. The molecule has 2 amide bonds. The number of nitrogens with zero attached hydrogens (tertiary/aromatic N) is 2. The van der Waals surface area contributed by atoms with Crippen molar-refractivity contribution in [2.24, 2.45) is 0 Å². The van der Waals surface area contributed by atoms with Gasteiger partial charge in [-0.1, -0.05) is 6.92 Å². The van der Waals surface area contributed by atoms with Gasteiger partial charge in [-0.25, -0.2) is 0 Å². The lowest BCUT2D eigenvalue weighted by molar-refractivity contribution is -0.141. The summed E-state index contributed by atoms with van der Waals surface area (Å²) in [5.74, 6) is -1.14. The highest BCUT2D eigenvalue weighted by Gasteiger charge is 2.45. The number of hydrogen-bond acceptors (Lipinski definition) is 4. The molecule has 1 atom stereocenters. The maximum Gasteiger partial charge on any atom is 0.304 e. The van der Waals surface area contributed by atoms with E-state index >= 15 is 0 Å². The van der Waals surface area contributed by atoms with Crippen LogP contribution in [-0.4, -0.2) is 57.9 Å². The molecule has 0 spiro atoms. The molecule has 2 fully saturated rings. The summed E-state index contributed by atoms with van der Waals surface area (Å²) in [5.41, 5.74) is 0. The molecule has 0 bridgehead atoms. The molecule has 106 valence electrons. The highest BCUT2D eigenvalue weighted by Crippen LogP contribution is 2.32. The van der Waals surface area contributed by atoms with Crippen molar-refractivity contribution in [3.63, 3.8) is 0 Å². The van der Waals surface area contributed by atoms with E-state index in [1.165, 1.54) is 4.90 Å². The summed E-state index contributed by atoms with van der Waals surface area (Å²) in [4.78, 5) is 38.0. The molecule has 19 heavy (non-hydrogen) atoms. The first-order valence-corrected chi connectivity index (χ1v) is 6.86. The number of carboxylic acids is 1. The maximum absolute atomic E-state index is 12.2. The Morgan fingerprint density at radius 1 is 1.42 bits per heavy atom. The lowest BCUT2D eigenvalue weighted by Crippen LogP contribution is -2.44. The number of carbonyl (C=O) groups excluding carboxylic acids is 2. The van der Waals surface area contributed by atoms with Crippen molar-refractivity contribution in [1.82, 2.24) is 9.80 Å². The Morgan fingerprint density at radius 3 is 2.63 bits per heavy atom. The maximum atomic E-state index is 12.2. The zero-order chi connectivity index (χ0) is 14.0. The minimum absolute atomic E-state index is 0.0161. The Hall–Kier alpha value is -1.43. The van der Waals surface area contributed by atoms with Gasteiger partial charge in [0.25, 0.3) is 0 Å². The lowest BCUT2D eigenvalue weighted by atomic mass is 10.2. The van der Waals surface area contributed by atoms with E-state index in [-0.39, 0.29) is 30.7 Å². The third kappa shape index (κ3) is 3.12. The fourth-order valence-electron chi connectivity index (χ4n) is 2.61. The molecule has 1 heterocycles. The highest BCUT2D eigenvalue weighted by atomic mass is 16.4. The van der Waals surface area contributed by atoms with Crippen molar-refractivity contribution in [2.75, 3.05) is 13.1 Å². The van der Waals surface area contributed by atoms with Crippen molar-refractivity contribution in [2.45, 2.75) is 51.1 Å². The van der Waals surface area contributed by atoms with Crippen LogP contribution in [0.5, 0.6) is 0 Å². The van der Waals surface area contributed by atoms with Crippen molar-refractivity contribution < 1.29 is 19.5 Å². The van der Waals surface area contributed by atoms with Gasteiger partial charge in [-0.2, -0.15) is 0 Å². The van der Waals surface area contributed by atoms with Gasteiger partial charge in [0.1, 0.15) is 0 Å². The molecule has 6 nitrogen and oxygen atoms in total. The minimum atomic E-state index is -0.868. The van der Waals surface area contributed by atoms with Crippen LogP contribution in [0.1, 0.15) is 39.0 Å². The SMILES string of the molecule is CCCN1C(=O)CC(N(CCC(=O)O)C2CC2)C1=O. The van der Waals surface area contributed by atoms with E-state index in [4.69, 9.17) is 5.11 Å². The number of hydrogen-bond donors (Lipinski definition) is 1.